The zero-order chi connectivity index (χ0) is 18.4. The standard InChI is InChI=1S/C20H27BO4/c1-13(2)23-16-10-8-9-14-11-15(12-17(22-7)18(14)16)21-24-19(3,4)20(5,6)25-21/h8-13H,1-7H3. The van der Waals surface area contributed by atoms with Crippen LogP contribution in [-0.2, 0) is 9.31 Å². The Kier molecular flexibility index (Phi) is 4.50. The number of hydrogen-bond acceptors (Lipinski definition) is 4. The van der Waals surface area contributed by atoms with Crippen LogP contribution < -0.4 is 14.9 Å². The largest absolute Gasteiger partial charge is 0.496 e. The van der Waals surface area contributed by atoms with Crippen LogP contribution >= 0.6 is 0 Å². The maximum Gasteiger partial charge on any atom is 0.494 e. The predicted molar refractivity (Wildman–Crippen MR) is 102 cm³/mol. The first-order chi connectivity index (χ1) is 11.6. The molecule has 0 aromatic heterocycles. The lowest BCUT2D eigenvalue weighted by Gasteiger charge is -2.32. The van der Waals surface area contributed by atoms with Crippen molar-refractivity contribution in [2.45, 2.75) is 58.8 Å². The van der Waals surface area contributed by atoms with E-state index in [9.17, 15) is 0 Å². The molecule has 0 atom stereocenters. The molecule has 25 heavy (non-hydrogen) atoms. The van der Waals surface area contributed by atoms with Gasteiger partial charge in [-0.3, -0.25) is 0 Å². The third-order valence-electron chi connectivity index (χ3n) is 5.03. The van der Waals surface area contributed by atoms with Gasteiger partial charge in [0.1, 0.15) is 11.5 Å². The second kappa shape index (κ2) is 6.22. The van der Waals surface area contributed by atoms with Gasteiger partial charge < -0.3 is 18.8 Å². The lowest BCUT2D eigenvalue weighted by Crippen LogP contribution is -2.41. The van der Waals surface area contributed by atoms with Gasteiger partial charge in [-0.05, 0) is 64.5 Å². The van der Waals surface area contributed by atoms with E-state index in [-0.39, 0.29) is 17.3 Å². The van der Waals surface area contributed by atoms with E-state index in [1.165, 1.54) is 0 Å². The van der Waals surface area contributed by atoms with Gasteiger partial charge in [-0.2, -0.15) is 0 Å². The van der Waals surface area contributed by atoms with Crippen LogP contribution in [0.1, 0.15) is 41.5 Å². The molecule has 4 nitrogen and oxygen atoms in total. The van der Waals surface area contributed by atoms with E-state index in [0.29, 0.717) is 0 Å². The molecule has 2 aromatic rings. The second-order valence-corrected chi connectivity index (χ2v) is 7.83. The van der Waals surface area contributed by atoms with E-state index >= 15 is 0 Å². The molecule has 0 spiro atoms. The number of rotatable bonds is 4. The van der Waals surface area contributed by atoms with Crippen molar-refractivity contribution in [3.63, 3.8) is 0 Å². The Bertz CT molecular complexity index is 767. The molecule has 0 bridgehead atoms. The van der Waals surface area contributed by atoms with E-state index < -0.39 is 7.12 Å². The molecule has 0 N–H and O–H groups in total. The van der Waals surface area contributed by atoms with Gasteiger partial charge in [0.2, 0.25) is 0 Å². The van der Waals surface area contributed by atoms with Crippen LogP contribution in [0.25, 0.3) is 10.8 Å². The smallest absolute Gasteiger partial charge is 0.494 e. The van der Waals surface area contributed by atoms with Crippen molar-refractivity contribution in [1.29, 1.82) is 0 Å². The van der Waals surface area contributed by atoms with Crippen LogP contribution in [0.5, 0.6) is 11.5 Å². The minimum absolute atomic E-state index is 0.0954. The lowest BCUT2D eigenvalue weighted by molar-refractivity contribution is 0.00578. The summed E-state index contributed by atoms with van der Waals surface area (Å²) in [5, 5.41) is 2.01. The Hall–Kier alpha value is -1.72. The fourth-order valence-electron chi connectivity index (χ4n) is 3.01. The van der Waals surface area contributed by atoms with Gasteiger partial charge in [-0.15, -0.1) is 0 Å². The molecular weight excluding hydrogens is 315 g/mol. The van der Waals surface area contributed by atoms with Crippen molar-refractivity contribution in [3.05, 3.63) is 30.3 Å². The first-order valence-electron chi connectivity index (χ1n) is 8.77. The lowest BCUT2D eigenvalue weighted by atomic mass is 9.78. The molecule has 0 saturated carbocycles. The van der Waals surface area contributed by atoms with Gasteiger partial charge in [0, 0.05) is 0 Å². The molecule has 0 radical (unpaired) electrons. The first kappa shape index (κ1) is 18.1. The van der Waals surface area contributed by atoms with Crippen molar-refractivity contribution in [2.75, 3.05) is 7.11 Å². The number of ether oxygens (including phenoxy) is 2. The Labute approximate surface area is 150 Å². The monoisotopic (exact) mass is 342 g/mol. The number of benzene rings is 2. The Morgan fingerprint density at radius 1 is 0.960 bits per heavy atom. The molecule has 0 amide bonds. The Morgan fingerprint density at radius 3 is 2.16 bits per heavy atom. The molecule has 1 aliphatic rings. The fraction of sp³-hybridized carbons (Fsp3) is 0.500. The van der Waals surface area contributed by atoms with E-state index in [1.54, 1.807) is 7.11 Å². The Balaban J connectivity index is 2.08. The summed E-state index contributed by atoms with van der Waals surface area (Å²) in [5.74, 6) is 1.59. The zero-order valence-electron chi connectivity index (χ0n) is 16.2. The van der Waals surface area contributed by atoms with Crippen molar-refractivity contribution < 1.29 is 18.8 Å². The third kappa shape index (κ3) is 3.23. The van der Waals surface area contributed by atoms with Crippen molar-refractivity contribution in [2.24, 2.45) is 0 Å². The summed E-state index contributed by atoms with van der Waals surface area (Å²) in [6.45, 7) is 12.3. The first-order valence-corrected chi connectivity index (χ1v) is 8.77. The predicted octanol–water partition coefficient (Wildman–Crippen LogP) is 3.93. The van der Waals surface area contributed by atoms with Crippen LogP contribution in [-0.4, -0.2) is 31.5 Å². The molecule has 0 unspecified atom stereocenters. The SMILES string of the molecule is COc1cc(B2OC(C)(C)C(C)(C)O2)cc2cccc(OC(C)C)c12. The van der Waals surface area contributed by atoms with Crippen LogP contribution in [0.4, 0.5) is 0 Å². The molecule has 1 saturated heterocycles. The maximum atomic E-state index is 6.18. The summed E-state index contributed by atoms with van der Waals surface area (Å²) < 4.78 is 24.0. The molecule has 134 valence electrons. The van der Waals surface area contributed by atoms with E-state index in [4.69, 9.17) is 18.8 Å². The van der Waals surface area contributed by atoms with Crippen molar-refractivity contribution in [3.8, 4) is 11.5 Å². The van der Waals surface area contributed by atoms with Crippen LogP contribution in [0.15, 0.2) is 30.3 Å². The van der Waals surface area contributed by atoms with Crippen LogP contribution in [0, 0.1) is 0 Å². The maximum absolute atomic E-state index is 6.18. The molecule has 3 rings (SSSR count). The number of fused-ring (bicyclic) bond motifs is 1. The average molecular weight is 342 g/mol. The van der Waals surface area contributed by atoms with Crippen molar-refractivity contribution >= 4 is 23.4 Å². The normalized spacial score (nSPS) is 18.8. The van der Waals surface area contributed by atoms with Gasteiger partial charge in [-0.1, -0.05) is 18.2 Å². The highest BCUT2D eigenvalue weighted by Gasteiger charge is 2.51. The highest BCUT2D eigenvalue weighted by Crippen LogP contribution is 2.38. The average Bonchev–Trinajstić information content (AvgIpc) is 2.74. The molecule has 5 heteroatoms. The van der Waals surface area contributed by atoms with E-state index in [1.807, 2.05) is 32.0 Å². The van der Waals surface area contributed by atoms with Crippen molar-refractivity contribution in [1.82, 2.24) is 0 Å². The zero-order valence-corrected chi connectivity index (χ0v) is 16.2. The molecular formula is C20H27BO4. The summed E-state index contributed by atoms with van der Waals surface area (Å²) in [5.41, 5.74) is 0.204. The molecule has 2 aromatic carbocycles. The summed E-state index contributed by atoms with van der Waals surface area (Å²) in [6.07, 6.45) is 0.0954. The third-order valence-corrected chi connectivity index (χ3v) is 5.03. The molecule has 1 heterocycles. The van der Waals surface area contributed by atoms with Gasteiger partial charge in [0.25, 0.3) is 0 Å². The van der Waals surface area contributed by atoms with Crippen LogP contribution in [0.3, 0.4) is 0 Å². The van der Waals surface area contributed by atoms with Gasteiger partial charge >= 0.3 is 7.12 Å². The minimum Gasteiger partial charge on any atom is -0.496 e. The van der Waals surface area contributed by atoms with Gasteiger partial charge in [0.15, 0.2) is 0 Å². The number of hydrogen-bond donors (Lipinski definition) is 0. The number of methoxy groups -OCH3 is 1. The molecule has 1 aliphatic heterocycles. The van der Waals surface area contributed by atoms with E-state index in [2.05, 4.69) is 39.8 Å². The van der Waals surface area contributed by atoms with E-state index in [0.717, 1.165) is 27.7 Å². The minimum atomic E-state index is -0.419. The fourth-order valence-corrected chi connectivity index (χ4v) is 3.01. The summed E-state index contributed by atoms with van der Waals surface area (Å²) >= 11 is 0. The highest BCUT2D eigenvalue weighted by molar-refractivity contribution is 6.62. The summed E-state index contributed by atoms with van der Waals surface area (Å²) in [7, 11) is 1.26. The molecule has 0 aliphatic carbocycles. The van der Waals surface area contributed by atoms with Gasteiger partial charge in [0.05, 0.1) is 29.8 Å². The second-order valence-electron chi connectivity index (χ2n) is 7.83. The summed E-state index contributed by atoms with van der Waals surface area (Å²) in [4.78, 5) is 0. The topological polar surface area (TPSA) is 36.9 Å². The van der Waals surface area contributed by atoms with Gasteiger partial charge in [-0.25, -0.2) is 0 Å². The quantitative estimate of drug-likeness (QED) is 0.789. The highest BCUT2D eigenvalue weighted by atomic mass is 16.7. The van der Waals surface area contributed by atoms with Crippen LogP contribution in [0.2, 0.25) is 0 Å². The Morgan fingerprint density at radius 2 is 1.60 bits per heavy atom. The molecule has 1 fully saturated rings. The summed E-state index contributed by atoms with van der Waals surface area (Å²) in [6, 6.07) is 10.1.